The summed E-state index contributed by atoms with van der Waals surface area (Å²) in [4.78, 5) is 29.4. The Labute approximate surface area is 236 Å². The summed E-state index contributed by atoms with van der Waals surface area (Å²) in [5, 5.41) is 3.62. The van der Waals surface area contributed by atoms with Crippen molar-refractivity contribution >= 4 is 11.9 Å². The quantitative estimate of drug-likeness (QED) is 0.348. The van der Waals surface area contributed by atoms with Gasteiger partial charge in [-0.2, -0.15) is 0 Å². The molecule has 0 spiro atoms. The highest BCUT2D eigenvalue weighted by Crippen LogP contribution is 2.40. The molecule has 1 aliphatic heterocycles. The van der Waals surface area contributed by atoms with Crippen molar-refractivity contribution in [3.05, 3.63) is 95.1 Å². The summed E-state index contributed by atoms with van der Waals surface area (Å²) in [5.74, 6) is 0.673. The number of nitrogens with one attached hydrogen (secondary N) is 1. The van der Waals surface area contributed by atoms with E-state index in [0.717, 1.165) is 47.9 Å². The van der Waals surface area contributed by atoms with Crippen LogP contribution in [0.2, 0.25) is 0 Å². The van der Waals surface area contributed by atoms with Gasteiger partial charge in [-0.25, -0.2) is 4.79 Å². The molecule has 3 aromatic rings. The van der Waals surface area contributed by atoms with E-state index in [0.29, 0.717) is 18.1 Å². The molecule has 1 amide bonds. The van der Waals surface area contributed by atoms with Crippen LogP contribution in [-0.2, 0) is 33.9 Å². The molecule has 1 saturated carbocycles. The van der Waals surface area contributed by atoms with Crippen LogP contribution >= 0.6 is 0 Å². The van der Waals surface area contributed by atoms with E-state index in [1.54, 1.807) is 18.9 Å². The van der Waals surface area contributed by atoms with Crippen molar-refractivity contribution in [2.75, 3.05) is 13.7 Å². The molecule has 1 fully saturated rings. The average molecular weight is 543 g/mol. The highest BCUT2D eigenvalue weighted by atomic mass is 16.5. The van der Waals surface area contributed by atoms with Crippen LogP contribution in [0.15, 0.2) is 72.8 Å². The van der Waals surface area contributed by atoms with Crippen LogP contribution in [0.4, 0.5) is 0 Å². The molecule has 5 rings (SSSR count). The number of nitrogens with zero attached hydrogens (tertiary/aromatic N) is 1. The van der Waals surface area contributed by atoms with Gasteiger partial charge in [0.1, 0.15) is 18.7 Å². The number of hydrogen-bond donors (Lipinski definition) is 1. The first-order valence-corrected chi connectivity index (χ1v) is 14.2. The number of fused-ring (bicyclic) bond motifs is 1. The van der Waals surface area contributed by atoms with E-state index in [2.05, 4.69) is 5.32 Å². The molecule has 2 atom stereocenters. The molecule has 0 saturated heterocycles. The summed E-state index contributed by atoms with van der Waals surface area (Å²) >= 11 is 0. The molecule has 0 unspecified atom stereocenters. The molecule has 0 bridgehead atoms. The number of esters is 1. The average Bonchev–Trinajstić information content (AvgIpc) is 3.52. The van der Waals surface area contributed by atoms with Gasteiger partial charge in [-0.3, -0.25) is 10.1 Å². The zero-order valence-electron chi connectivity index (χ0n) is 23.3. The summed E-state index contributed by atoms with van der Waals surface area (Å²) in [5.41, 5.74) is 3.73. The third kappa shape index (κ3) is 6.15. The lowest BCUT2D eigenvalue weighted by Gasteiger charge is -2.38. The Morgan fingerprint density at radius 2 is 1.68 bits per heavy atom. The summed E-state index contributed by atoms with van der Waals surface area (Å²) in [6.07, 6.45) is 4.69. The van der Waals surface area contributed by atoms with E-state index < -0.39 is 18.1 Å². The van der Waals surface area contributed by atoms with Crippen molar-refractivity contribution in [3.8, 4) is 11.5 Å². The number of carbonyl (C=O) groups is 2. The molecule has 3 aromatic carbocycles. The first-order chi connectivity index (χ1) is 19.6. The fraction of sp³-hybridized carbons (Fsp3) is 0.394. The first-order valence-electron chi connectivity index (χ1n) is 14.2. The number of ether oxygens (including phenoxy) is 3. The lowest BCUT2D eigenvalue weighted by Crippen LogP contribution is -2.53. The lowest BCUT2D eigenvalue weighted by atomic mass is 9.91. The predicted octanol–water partition coefficient (Wildman–Crippen LogP) is 5.36. The van der Waals surface area contributed by atoms with Gasteiger partial charge >= 0.3 is 5.97 Å². The molecule has 2 aliphatic rings. The zero-order valence-corrected chi connectivity index (χ0v) is 23.3. The molecule has 210 valence electrons. The summed E-state index contributed by atoms with van der Waals surface area (Å²) in [6, 6.07) is 22.5. The monoisotopic (exact) mass is 542 g/mol. The molecular weight excluding hydrogens is 504 g/mol. The summed E-state index contributed by atoms with van der Waals surface area (Å²) in [6.45, 7) is 2.66. The maximum atomic E-state index is 14.3. The maximum absolute atomic E-state index is 14.3. The van der Waals surface area contributed by atoms with Crippen LogP contribution in [0.3, 0.4) is 0 Å². The first kappa shape index (κ1) is 27.7. The minimum absolute atomic E-state index is 0.121. The fourth-order valence-electron chi connectivity index (χ4n) is 5.80. The zero-order chi connectivity index (χ0) is 27.9. The van der Waals surface area contributed by atoms with E-state index in [4.69, 9.17) is 14.2 Å². The standard InChI is InChI=1S/C33H38N2O5/c1-3-39-33(37)28-20-27-25(18-19-29(38-2)31(27)40-22-23-12-6-4-7-13-23)21-35(28)32(36)30(24-14-8-5-9-15-24)34-26-16-10-11-17-26/h4-9,12-15,18-19,26,28,30,34H,3,10-11,16-17,20-22H2,1-2H3/t28-,30-/m0/s1. The molecule has 0 aromatic heterocycles. The van der Waals surface area contributed by atoms with E-state index in [9.17, 15) is 9.59 Å². The molecule has 1 aliphatic carbocycles. The van der Waals surface area contributed by atoms with Gasteiger partial charge in [0.2, 0.25) is 5.91 Å². The SMILES string of the molecule is CCOC(=O)[C@@H]1Cc2c(ccc(OC)c2OCc2ccccc2)CN1C(=O)[C@@H](NC1CCCC1)c1ccccc1. The highest BCUT2D eigenvalue weighted by Gasteiger charge is 2.41. The molecular formula is C33H38N2O5. The summed E-state index contributed by atoms with van der Waals surface area (Å²) in [7, 11) is 1.61. The van der Waals surface area contributed by atoms with Gasteiger partial charge in [-0.1, -0.05) is 79.6 Å². The molecule has 7 nitrogen and oxygen atoms in total. The van der Waals surface area contributed by atoms with Crippen molar-refractivity contribution < 1.29 is 23.8 Å². The summed E-state index contributed by atoms with van der Waals surface area (Å²) < 4.78 is 17.5. The Bertz CT molecular complexity index is 1290. The predicted molar refractivity (Wildman–Crippen MR) is 153 cm³/mol. The van der Waals surface area contributed by atoms with Crippen LogP contribution in [0.5, 0.6) is 11.5 Å². The van der Waals surface area contributed by atoms with E-state index in [-0.39, 0.29) is 31.5 Å². The number of rotatable bonds is 10. The van der Waals surface area contributed by atoms with Crippen LogP contribution < -0.4 is 14.8 Å². The second kappa shape index (κ2) is 13.0. The van der Waals surface area contributed by atoms with Gasteiger partial charge in [0, 0.05) is 24.6 Å². The van der Waals surface area contributed by atoms with Crippen LogP contribution in [0, 0.1) is 0 Å². The number of benzene rings is 3. The van der Waals surface area contributed by atoms with Crippen molar-refractivity contribution in [1.29, 1.82) is 0 Å². The lowest BCUT2D eigenvalue weighted by molar-refractivity contribution is -0.156. The van der Waals surface area contributed by atoms with E-state index in [1.807, 2.05) is 72.8 Å². The second-order valence-electron chi connectivity index (χ2n) is 10.4. The van der Waals surface area contributed by atoms with Gasteiger partial charge in [-0.15, -0.1) is 0 Å². The third-order valence-corrected chi connectivity index (χ3v) is 7.86. The van der Waals surface area contributed by atoms with Crippen LogP contribution in [0.25, 0.3) is 0 Å². The molecule has 40 heavy (non-hydrogen) atoms. The van der Waals surface area contributed by atoms with E-state index in [1.165, 1.54) is 0 Å². The molecule has 1 heterocycles. The Hall–Kier alpha value is -3.84. The van der Waals surface area contributed by atoms with E-state index >= 15 is 0 Å². The fourth-order valence-corrected chi connectivity index (χ4v) is 5.80. The Balaban J connectivity index is 1.49. The minimum atomic E-state index is -0.775. The molecule has 1 N–H and O–H groups in total. The van der Waals surface area contributed by atoms with Crippen molar-refractivity contribution in [1.82, 2.24) is 10.2 Å². The molecule has 7 heteroatoms. The van der Waals surface area contributed by atoms with Crippen molar-refractivity contribution in [2.45, 2.75) is 70.3 Å². The van der Waals surface area contributed by atoms with Crippen LogP contribution in [-0.4, -0.2) is 42.6 Å². The molecule has 0 radical (unpaired) electrons. The topological polar surface area (TPSA) is 77.1 Å². The van der Waals surface area contributed by atoms with Crippen LogP contribution in [0.1, 0.15) is 60.9 Å². The number of methoxy groups -OCH3 is 1. The number of carbonyl (C=O) groups excluding carboxylic acids is 2. The number of amides is 1. The smallest absolute Gasteiger partial charge is 0.329 e. The van der Waals surface area contributed by atoms with Gasteiger partial charge in [0.15, 0.2) is 11.5 Å². The van der Waals surface area contributed by atoms with Gasteiger partial charge in [0.25, 0.3) is 0 Å². The van der Waals surface area contributed by atoms with Gasteiger partial charge in [0.05, 0.1) is 13.7 Å². The number of hydrogen-bond acceptors (Lipinski definition) is 6. The highest BCUT2D eigenvalue weighted by molar-refractivity contribution is 5.89. The van der Waals surface area contributed by atoms with Crippen molar-refractivity contribution in [3.63, 3.8) is 0 Å². The Kier molecular flexibility index (Phi) is 9.01. The largest absolute Gasteiger partial charge is 0.493 e. The van der Waals surface area contributed by atoms with Gasteiger partial charge in [-0.05, 0) is 42.5 Å². The maximum Gasteiger partial charge on any atom is 0.329 e. The normalized spacial score (nSPS) is 17.6. The Morgan fingerprint density at radius 1 is 0.975 bits per heavy atom. The van der Waals surface area contributed by atoms with Gasteiger partial charge < -0.3 is 19.1 Å². The Morgan fingerprint density at radius 3 is 2.35 bits per heavy atom. The minimum Gasteiger partial charge on any atom is -0.493 e. The van der Waals surface area contributed by atoms with Crippen molar-refractivity contribution in [2.24, 2.45) is 0 Å². The third-order valence-electron chi connectivity index (χ3n) is 7.86. The second-order valence-corrected chi connectivity index (χ2v) is 10.4.